The minimum atomic E-state index is 0.603. The lowest BCUT2D eigenvalue weighted by molar-refractivity contribution is 0.463. The lowest BCUT2D eigenvalue weighted by atomic mass is 10.0. The molecule has 2 heterocycles. The summed E-state index contributed by atoms with van der Waals surface area (Å²) in [7, 11) is 0. The first-order valence-corrected chi connectivity index (χ1v) is 5.97. The lowest BCUT2D eigenvalue weighted by Gasteiger charge is -2.19. The van der Waals surface area contributed by atoms with Gasteiger partial charge in [0.2, 0.25) is 0 Å². The average molecular weight is 212 g/mol. The molecule has 0 saturated carbocycles. The van der Waals surface area contributed by atoms with Gasteiger partial charge in [-0.3, -0.25) is 0 Å². The van der Waals surface area contributed by atoms with Crippen LogP contribution in [0.1, 0.15) is 31.5 Å². The van der Waals surface area contributed by atoms with E-state index in [1.807, 2.05) is 6.07 Å². The molecular formula is C14H16N2. The first kappa shape index (κ1) is 9.64. The highest BCUT2D eigenvalue weighted by atomic mass is 15.1. The molecule has 2 aromatic rings. The SMILES string of the molecule is C[C@@H]1CCCn2cc(-c3ccccc3)nc21. The molecule has 3 rings (SSSR count). The van der Waals surface area contributed by atoms with Gasteiger partial charge in [0.15, 0.2) is 0 Å². The molecule has 0 unspecified atom stereocenters. The zero-order valence-electron chi connectivity index (χ0n) is 9.56. The molecule has 0 radical (unpaired) electrons. The summed E-state index contributed by atoms with van der Waals surface area (Å²) in [4.78, 5) is 4.76. The van der Waals surface area contributed by atoms with Crippen LogP contribution in [-0.4, -0.2) is 9.55 Å². The van der Waals surface area contributed by atoms with Crippen LogP contribution in [0.4, 0.5) is 0 Å². The Morgan fingerprint density at radius 2 is 2.06 bits per heavy atom. The van der Waals surface area contributed by atoms with Crippen LogP contribution < -0.4 is 0 Å². The maximum atomic E-state index is 4.76. The van der Waals surface area contributed by atoms with Crippen molar-refractivity contribution in [3.8, 4) is 11.3 Å². The molecule has 0 saturated heterocycles. The molecule has 16 heavy (non-hydrogen) atoms. The molecule has 0 aliphatic carbocycles. The number of hydrogen-bond donors (Lipinski definition) is 0. The third-order valence-electron chi connectivity index (χ3n) is 3.35. The van der Waals surface area contributed by atoms with Gasteiger partial charge in [0.05, 0.1) is 5.69 Å². The second-order valence-corrected chi connectivity index (χ2v) is 4.59. The Balaban J connectivity index is 2.05. The monoisotopic (exact) mass is 212 g/mol. The number of nitrogens with zero attached hydrogens (tertiary/aromatic N) is 2. The lowest BCUT2D eigenvalue weighted by Crippen LogP contribution is -2.12. The summed E-state index contributed by atoms with van der Waals surface area (Å²) in [6, 6.07) is 10.4. The van der Waals surface area contributed by atoms with Crippen molar-refractivity contribution in [1.82, 2.24) is 9.55 Å². The van der Waals surface area contributed by atoms with Gasteiger partial charge >= 0.3 is 0 Å². The van der Waals surface area contributed by atoms with Crippen molar-refractivity contribution in [3.63, 3.8) is 0 Å². The smallest absolute Gasteiger partial charge is 0.112 e. The van der Waals surface area contributed by atoms with E-state index in [2.05, 4.69) is 42.0 Å². The van der Waals surface area contributed by atoms with E-state index in [1.165, 1.54) is 24.2 Å². The Hall–Kier alpha value is -1.57. The van der Waals surface area contributed by atoms with Gasteiger partial charge in [0, 0.05) is 24.2 Å². The van der Waals surface area contributed by atoms with E-state index in [0.29, 0.717) is 5.92 Å². The minimum absolute atomic E-state index is 0.603. The molecular weight excluding hydrogens is 196 g/mol. The van der Waals surface area contributed by atoms with E-state index >= 15 is 0 Å². The quantitative estimate of drug-likeness (QED) is 0.708. The molecule has 0 spiro atoms. The maximum Gasteiger partial charge on any atom is 0.112 e. The maximum absolute atomic E-state index is 4.76. The van der Waals surface area contributed by atoms with Gasteiger partial charge in [-0.05, 0) is 12.8 Å². The number of benzene rings is 1. The number of rotatable bonds is 1. The van der Waals surface area contributed by atoms with Crippen molar-refractivity contribution < 1.29 is 0 Å². The number of aryl methyl sites for hydroxylation is 1. The van der Waals surface area contributed by atoms with Crippen molar-refractivity contribution in [2.45, 2.75) is 32.2 Å². The zero-order valence-corrected chi connectivity index (χ0v) is 9.56. The number of hydrogen-bond acceptors (Lipinski definition) is 1. The molecule has 0 amide bonds. The van der Waals surface area contributed by atoms with Crippen LogP contribution in [0.2, 0.25) is 0 Å². The van der Waals surface area contributed by atoms with E-state index in [4.69, 9.17) is 4.98 Å². The Morgan fingerprint density at radius 1 is 1.25 bits per heavy atom. The first-order valence-electron chi connectivity index (χ1n) is 5.97. The standard InChI is InChI=1S/C14H16N2/c1-11-6-5-9-16-10-13(15-14(11)16)12-7-3-2-4-8-12/h2-4,7-8,10-11H,5-6,9H2,1H3/t11-/m1/s1. The molecule has 82 valence electrons. The predicted molar refractivity (Wildman–Crippen MR) is 65.3 cm³/mol. The average Bonchev–Trinajstić information content (AvgIpc) is 2.76. The second kappa shape index (κ2) is 3.78. The van der Waals surface area contributed by atoms with Crippen molar-refractivity contribution in [1.29, 1.82) is 0 Å². The van der Waals surface area contributed by atoms with Gasteiger partial charge in [0.25, 0.3) is 0 Å². The highest BCUT2D eigenvalue weighted by Crippen LogP contribution is 2.28. The molecule has 1 aromatic heterocycles. The summed E-state index contributed by atoms with van der Waals surface area (Å²) < 4.78 is 2.32. The Kier molecular flexibility index (Phi) is 2.28. The molecule has 2 heteroatoms. The third-order valence-corrected chi connectivity index (χ3v) is 3.35. The van der Waals surface area contributed by atoms with Crippen molar-refractivity contribution in [3.05, 3.63) is 42.4 Å². The van der Waals surface area contributed by atoms with Crippen LogP contribution in [0, 0.1) is 0 Å². The van der Waals surface area contributed by atoms with Gasteiger partial charge in [-0.15, -0.1) is 0 Å². The minimum Gasteiger partial charge on any atom is -0.334 e. The van der Waals surface area contributed by atoms with Crippen molar-refractivity contribution in [2.75, 3.05) is 0 Å². The molecule has 1 aliphatic rings. The van der Waals surface area contributed by atoms with E-state index in [9.17, 15) is 0 Å². The van der Waals surface area contributed by atoms with Crippen LogP contribution >= 0.6 is 0 Å². The summed E-state index contributed by atoms with van der Waals surface area (Å²) in [5, 5.41) is 0. The largest absolute Gasteiger partial charge is 0.334 e. The van der Waals surface area contributed by atoms with Gasteiger partial charge < -0.3 is 4.57 Å². The van der Waals surface area contributed by atoms with Crippen LogP contribution in [0.25, 0.3) is 11.3 Å². The number of aromatic nitrogens is 2. The molecule has 1 aromatic carbocycles. The second-order valence-electron chi connectivity index (χ2n) is 4.59. The Labute approximate surface area is 95.9 Å². The summed E-state index contributed by atoms with van der Waals surface area (Å²) >= 11 is 0. The van der Waals surface area contributed by atoms with Gasteiger partial charge in [-0.2, -0.15) is 0 Å². The third kappa shape index (κ3) is 1.54. The highest BCUT2D eigenvalue weighted by molar-refractivity contribution is 5.58. The van der Waals surface area contributed by atoms with Crippen LogP contribution in [0.15, 0.2) is 36.5 Å². The molecule has 0 N–H and O–H groups in total. The zero-order chi connectivity index (χ0) is 11.0. The van der Waals surface area contributed by atoms with Gasteiger partial charge in [-0.1, -0.05) is 37.3 Å². The fourth-order valence-corrected chi connectivity index (χ4v) is 2.45. The van der Waals surface area contributed by atoms with Crippen LogP contribution in [-0.2, 0) is 6.54 Å². The fourth-order valence-electron chi connectivity index (χ4n) is 2.45. The predicted octanol–water partition coefficient (Wildman–Crippen LogP) is 3.45. The first-order chi connectivity index (χ1) is 7.84. The van der Waals surface area contributed by atoms with Crippen molar-refractivity contribution >= 4 is 0 Å². The van der Waals surface area contributed by atoms with Gasteiger partial charge in [0.1, 0.15) is 5.82 Å². The van der Waals surface area contributed by atoms with E-state index < -0.39 is 0 Å². The van der Waals surface area contributed by atoms with Gasteiger partial charge in [-0.25, -0.2) is 4.98 Å². The molecule has 0 bridgehead atoms. The van der Waals surface area contributed by atoms with Crippen LogP contribution in [0.5, 0.6) is 0 Å². The van der Waals surface area contributed by atoms with E-state index in [-0.39, 0.29) is 0 Å². The molecule has 0 fully saturated rings. The van der Waals surface area contributed by atoms with Crippen LogP contribution in [0.3, 0.4) is 0 Å². The highest BCUT2D eigenvalue weighted by Gasteiger charge is 2.19. The summed E-state index contributed by atoms with van der Waals surface area (Å²) in [6.45, 7) is 3.40. The van der Waals surface area contributed by atoms with Crippen molar-refractivity contribution in [2.24, 2.45) is 0 Å². The summed E-state index contributed by atoms with van der Waals surface area (Å²) in [6.07, 6.45) is 4.74. The normalized spacial score (nSPS) is 19.4. The Bertz CT molecular complexity index is 485. The fraction of sp³-hybridized carbons (Fsp3) is 0.357. The van der Waals surface area contributed by atoms with E-state index in [0.717, 1.165) is 12.2 Å². The number of fused-ring (bicyclic) bond motifs is 1. The van der Waals surface area contributed by atoms with E-state index in [1.54, 1.807) is 0 Å². The topological polar surface area (TPSA) is 17.8 Å². The summed E-state index contributed by atoms with van der Waals surface area (Å²) in [5.41, 5.74) is 2.33. The number of imidazole rings is 1. The molecule has 2 nitrogen and oxygen atoms in total. The molecule has 1 atom stereocenters. The molecule has 1 aliphatic heterocycles. The Morgan fingerprint density at radius 3 is 2.81 bits per heavy atom. The summed E-state index contributed by atoms with van der Waals surface area (Å²) in [5.74, 6) is 1.86.